The summed E-state index contributed by atoms with van der Waals surface area (Å²) in [7, 11) is 0. The van der Waals surface area contributed by atoms with E-state index >= 15 is 0 Å². The van der Waals surface area contributed by atoms with Crippen molar-refractivity contribution in [3.05, 3.63) is 51.2 Å². The van der Waals surface area contributed by atoms with Crippen LogP contribution in [0.25, 0.3) is 0 Å². The van der Waals surface area contributed by atoms with Gasteiger partial charge in [0.05, 0.1) is 20.9 Å². The second-order valence-corrected chi connectivity index (χ2v) is 11.6. The number of nitrogens with one attached hydrogen (secondary N) is 1. The van der Waals surface area contributed by atoms with Crippen molar-refractivity contribution in [3.8, 4) is 0 Å². The van der Waals surface area contributed by atoms with Crippen LogP contribution in [0.15, 0.2) is 36.4 Å². The highest BCUT2D eigenvalue weighted by molar-refractivity contribution is 7.18. The quantitative estimate of drug-likeness (QED) is 0.614. The van der Waals surface area contributed by atoms with Gasteiger partial charge in [0.1, 0.15) is 6.04 Å². The van der Waals surface area contributed by atoms with Gasteiger partial charge in [0.2, 0.25) is 0 Å². The number of hydrogen-bond donors (Lipinski definition) is 1. The standard InChI is InChI=1S/C25H27ClN4O3S/c26-20-8-7-19(34-20)22(31)27-18-9-14-29-21(18)23(32)30(24(29)33)17-5-3-16(4-6-17)25(10-11-25)15-28-12-1-2-13-28/h3-8,18,21H,1-2,9-15H2,(H,27,31)/t18-,21+/m1/s1. The summed E-state index contributed by atoms with van der Waals surface area (Å²) in [6, 6.07) is 9.93. The van der Waals surface area contributed by atoms with Crippen molar-refractivity contribution in [2.45, 2.75) is 49.6 Å². The predicted molar refractivity (Wildman–Crippen MR) is 132 cm³/mol. The number of imide groups is 1. The third-order valence-corrected chi connectivity index (χ3v) is 8.97. The summed E-state index contributed by atoms with van der Waals surface area (Å²) in [5.41, 5.74) is 2.12. The number of fused-ring (bicyclic) bond motifs is 1. The zero-order valence-corrected chi connectivity index (χ0v) is 20.4. The molecule has 1 aliphatic carbocycles. The summed E-state index contributed by atoms with van der Waals surface area (Å²) in [6.45, 7) is 3.91. The lowest BCUT2D eigenvalue weighted by Gasteiger charge is -2.24. The van der Waals surface area contributed by atoms with Gasteiger partial charge in [-0.25, -0.2) is 9.69 Å². The van der Waals surface area contributed by atoms with E-state index < -0.39 is 12.1 Å². The first-order valence-electron chi connectivity index (χ1n) is 12.0. The molecule has 7 nitrogen and oxygen atoms in total. The average molecular weight is 499 g/mol. The summed E-state index contributed by atoms with van der Waals surface area (Å²) in [5.74, 6) is -0.539. The molecule has 0 bridgehead atoms. The van der Waals surface area contributed by atoms with Crippen molar-refractivity contribution in [1.29, 1.82) is 0 Å². The average Bonchev–Trinajstić information content (AvgIpc) is 3.22. The maximum absolute atomic E-state index is 13.3. The van der Waals surface area contributed by atoms with Crippen LogP contribution in [0, 0.1) is 0 Å². The Bertz CT molecular complexity index is 1140. The van der Waals surface area contributed by atoms with E-state index in [1.54, 1.807) is 17.0 Å². The van der Waals surface area contributed by atoms with Gasteiger partial charge in [-0.05, 0) is 75.0 Å². The Balaban J connectivity index is 1.17. The zero-order valence-electron chi connectivity index (χ0n) is 18.8. The smallest absolute Gasteiger partial charge is 0.332 e. The monoisotopic (exact) mass is 498 g/mol. The summed E-state index contributed by atoms with van der Waals surface area (Å²) in [5, 5.41) is 2.94. The molecule has 1 N–H and O–H groups in total. The van der Waals surface area contributed by atoms with Crippen molar-refractivity contribution >= 4 is 46.5 Å². The summed E-state index contributed by atoms with van der Waals surface area (Å²) >= 11 is 7.14. The Kier molecular flexibility index (Phi) is 5.43. The third kappa shape index (κ3) is 3.72. The first-order chi connectivity index (χ1) is 16.4. The minimum atomic E-state index is -0.670. The minimum Gasteiger partial charge on any atom is -0.346 e. The van der Waals surface area contributed by atoms with Gasteiger partial charge in [0, 0.05) is 18.5 Å². The maximum Gasteiger partial charge on any atom is 0.332 e. The molecular formula is C25H27ClN4O3S. The summed E-state index contributed by atoms with van der Waals surface area (Å²) in [4.78, 5) is 45.0. The van der Waals surface area contributed by atoms with Gasteiger partial charge in [-0.3, -0.25) is 9.59 Å². The number of urea groups is 1. The first-order valence-corrected chi connectivity index (χ1v) is 13.2. The molecule has 9 heteroatoms. The van der Waals surface area contributed by atoms with Crippen molar-refractivity contribution < 1.29 is 14.4 Å². The molecule has 0 radical (unpaired) electrons. The molecular weight excluding hydrogens is 472 g/mol. The number of halogens is 1. The largest absolute Gasteiger partial charge is 0.346 e. The maximum atomic E-state index is 13.3. The lowest BCUT2D eigenvalue weighted by Crippen LogP contribution is -2.46. The van der Waals surface area contributed by atoms with Gasteiger partial charge in [-0.2, -0.15) is 0 Å². The fourth-order valence-corrected chi connectivity index (χ4v) is 6.70. The van der Waals surface area contributed by atoms with E-state index in [4.69, 9.17) is 11.6 Å². The van der Waals surface area contributed by atoms with E-state index in [1.807, 2.05) is 12.1 Å². The topological polar surface area (TPSA) is 73.0 Å². The lowest BCUT2D eigenvalue weighted by atomic mass is 9.95. The minimum absolute atomic E-state index is 0.224. The Morgan fingerprint density at radius 2 is 1.79 bits per heavy atom. The highest BCUT2D eigenvalue weighted by Gasteiger charge is 2.53. The van der Waals surface area contributed by atoms with Crippen LogP contribution in [0.1, 0.15) is 47.3 Å². The second-order valence-electron chi connectivity index (χ2n) is 9.88. The molecule has 4 amide bonds. The number of nitrogens with zero attached hydrogens (tertiary/aromatic N) is 3. The Morgan fingerprint density at radius 3 is 2.44 bits per heavy atom. The highest BCUT2D eigenvalue weighted by Crippen LogP contribution is 2.49. The second kappa shape index (κ2) is 8.36. The van der Waals surface area contributed by atoms with E-state index in [0.717, 1.165) is 6.54 Å². The molecule has 1 saturated carbocycles. The molecule has 3 saturated heterocycles. The Labute approximate surface area is 207 Å². The van der Waals surface area contributed by atoms with Crippen LogP contribution in [0.2, 0.25) is 4.34 Å². The normalized spacial score (nSPS) is 25.8. The van der Waals surface area contributed by atoms with Crippen LogP contribution < -0.4 is 10.2 Å². The number of anilines is 1. The van der Waals surface area contributed by atoms with E-state index in [0.29, 0.717) is 27.9 Å². The van der Waals surface area contributed by atoms with Gasteiger partial charge < -0.3 is 15.1 Å². The van der Waals surface area contributed by atoms with Crippen LogP contribution in [-0.4, -0.2) is 65.9 Å². The van der Waals surface area contributed by atoms with Crippen LogP contribution in [0.5, 0.6) is 0 Å². The molecule has 4 aliphatic rings. The van der Waals surface area contributed by atoms with Gasteiger partial charge >= 0.3 is 6.03 Å². The van der Waals surface area contributed by atoms with Crippen molar-refractivity contribution in [2.24, 2.45) is 0 Å². The van der Waals surface area contributed by atoms with Gasteiger partial charge in [0.15, 0.2) is 0 Å². The fourth-order valence-electron chi connectivity index (χ4n) is 5.75. The van der Waals surface area contributed by atoms with E-state index in [2.05, 4.69) is 22.3 Å². The molecule has 4 fully saturated rings. The zero-order chi connectivity index (χ0) is 23.4. The van der Waals surface area contributed by atoms with Gasteiger partial charge in [-0.15, -0.1) is 11.3 Å². The number of amides is 4. The number of hydrogen-bond acceptors (Lipinski definition) is 5. The molecule has 4 heterocycles. The van der Waals surface area contributed by atoms with Crippen LogP contribution in [-0.2, 0) is 10.2 Å². The van der Waals surface area contributed by atoms with E-state index in [1.165, 1.54) is 60.6 Å². The molecule has 2 aromatic rings. The Hall–Kier alpha value is -2.42. The molecule has 3 aliphatic heterocycles. The highest BCUT2D eigenvalue weighted by atomic mass is 35.5. The first kappa shape index (κ1) is 22.1. The fraction of sp³-hybridized carbons (Fsp3) is 0.480. The van der Waals surface area contributed by atoms with Gasteiger partial charge in [0.25, 0.3) is 11.8 Å². The molecule has 1 aromatic heterocycles. The van der Waals surface area contributed by atoms with E-state index in [9.17, 15) is 14.4 Å². The number of benzene rings is 1. The molecule has 178 valence electrons. The van der Waals surface area contributed by atoms with Crippen LogP contribution >= 0.6 is 22.9 Å². The molecule has 2 atom stereocenters. The molecule has 6 rings (SSSR count). The summed E-state index contributed by atoms with van der Waals surface area (Å²) < 4.78 is 0.536. The number of rotatable bonds is 6. The Morgan fingerprint density at radius 1 is 1.06 bits per heavy atom. The summed E-state index contributed by atoms with van der Waals surface area (Å²) in [6.07, 6.45) is 5.51. The molecule has 34 heavy (non-hydrogen) atoms. The van der Waals surface area contributed by atoms with Gasteiger partial charge in [-0.1, -0.05) is 23.7 Å². The molecule has 0 spiro atoms. The lowest BCUT2D eigenvalue weighted by molar-refractivity contribution is -0.119. The van der Waals surface area contributed by atoms with Crippen molar-refractivity contribution in [1.82, 2.24) is 15.1 Å². The number of thiophene rings is 1. The predicted octanol–water partition coefficient (Wildman–Crippen LogP) is 3.87. The number of carbonyl (C=O) groups excluding carboxylic acids is 3. The molecule has 0 unspecified atom stereocenters. The van der Waals surface area contributed by atoms with Crippen molar-refractivity contribution in [2.75, 3.05) is 31.1 Å². The number of likely N-dealkylation sites (tertiary alicyclic amines) is 1. The van der Waals surface area contributed by atoms with Crippen LogP contribution in [0.4, 0.5) is 10.5 Å². The number of carbonyl (C=O) groups is 3. The third-order valence-electron chi connectivity index (χ3n) is 7.74. The SMILES string of the molecule is O=C(N[C@@H]1CCN2C(=O)N(c3ccc(C4(CN5CCCC5)CC4)cc3)C(=O)[C@H]12)c1ccc(Cl)s1. The van der Waals surface area contributed by atoms with Crippen molar-refractivity contribution in [3.63, 3.8) is 0 Å². The van der Waals surface area contributed by atoms with E-state index in [-0.39, 0.29) is 23.3 Å². The molecule has 1 aromatic carbocycles. The van der Waals surface area contributed by atoms with Crippen LogP contribution in [0.3, 0.4) is 0 Å².